The summed E-state index contributed by atoms with van der Waals surface area (Å²) in [5, 5.41) is 0. The molecule has 1 rings (SSSR count). The molecule has 1 fully saturated rings. The highest BCUT2D eigenvalue weighted by Gasteiger charge is 2.38. The van der Waals surface area contributed by atoms with Crippen molar-refractivity contribution in [2.24, 2.45) is 5.73 Å². The number of amides is 1. The fourth-order valence-corrected chi connectivity index (χ4v) is 2.40. The molecule has 3 heteroatoms. The van der Waals surface area contributed by atoms with Crippen LogP contribution >= 0.6 is 0 Å². The van der Waals surface area contributed by atoms with E-state index in [1.54, 1.807) is 0 Å². The van der Waals surface area contributed by atoms with Gasteiger partial charge in [-0.15, -0.1) is 0 Å². The van der Waals surface area contributed by atoms with E-state index in [9.17, 15) is 4.79 Å². The fraction of sp³-hybridized carbons (Fsp3) is 0.917. The molecular weight excluding hydrogens is 188 g/mol. The van der Waals surface area contributed by atoms with Crippen molar-refractivity contribution in [1.29, 1.82) is 0 Å². The minimum absolute atomic E-state index is 0.0390. The molecule has 1 heterocycles. The molecule has 0 aromatic rings. The minimum Gasteiger partial charge on any atom is -0.336 e. The Bertz CT molecular complexity index is 226. The van der Waals surface area contributed by atoms with Crippen molar-refractivity contribution in [1.82, 2.24) is 4.90 Å². The van der Waals surface area contributed by atoms with Gasteiger partial charge in [-0.2, -0.15) is 0 Å². The van der Waals surface area contributed by atoms with Crippen LogP contribution in [-0.4, -0.2) is 28.9 Å². The van der Waals surface area contributed by atoms with Gasteiger partial charge in [-0.25, -0.2) is 0 Å². The Morgan fingerprint density at radius 3 is 2.60 bits per heavy atom. The summed E-state index contributed by atoms with van der Waals surface area (Å²) in [6.45, 7) is 7.10. The smallest absolute Gasteiger partial charge is 0.223 e. The number of rotatable bonds is 4. The van der Waals surface area contributed by atoms with Crippen LogP contribution < -0.4 is 5.73 Å². The van der Waals surface area contributed by atoms with Gasteiger partial charge in [0.2, 0.25) is 5.91 Å². The lowest BCUT2D eigenvalue weighted by molar-refractivity contribution is -0.134. The van der Waals surface area contributed by atoms with Gasteiger partial charge >= 0.3 is 0 Å². The van der Waals surface area contributed by atoms with Gasteiger partial charge in [-0.1, -0.05) is 19.8 Å². The molecule has 0 radical (unpaired) electrons. The topological polar surface area (TPSA) is 46.3 Å². The number of likely N-dealkylation sites (tertiary alicyclic amines) is 1. The van der Waals surface area contributed by atoms with E-state index in [-0.39, 0.29) is 17.5 Å². The zero-order valence-electron chi connectivity index (χ0n) is 10.3. The van der Waals surface area contributed by atoms with Gasteiger partial charge in [0.1, 0.15) is 0 Å². The number of carbonyl (C=O) groups excluding carboxylic acids is 1. The Kier molecular flexibility index (Phi) is 4.14. The third kappa shape index (κ3) is 3.20. The van der Waals surface area contributed by atoms with Crippen molar-refractivity contribution in [3.63, 3.8) is 0 Å². The van der Waals surface area contributed by atoms with Gasteiger partial charge in [-0.3, -0.25) is 4.79 Å². The van der Waals surface area contributed by atoms with E-state index in [0.29, 0.717) is 6.42 Å². The largest absolute Gasteiger partial charge is 0.336 e. The highest BCUT2D eigenvalue weighted by atomic mass is 16.2. The van der Waals surface area contributed by atoms with Crippen LogP contribution in [0.5, 0.6) is 0 Å². The van der Waals surface area contributed by atoms with Gasteiger partial charge in [0.05, 0.1) is 0 Å². The second-order valence-electron chi connectivity index (χ2n) is 5.24. The first-order valence-electron chi connectivity index (χ1n) is 6.03. The predicted molar refractivity (Wildman–Crippen MR) is 62.5 cm³/mol. The van der Waals surface area contributed by atoms with Crippen LogP contribution in [0.4, 0.5) is 0 Å². The van der Waals surface area contributed by atoms with E-state index in [2.05, 4.69) is 20.8 Å². The summed E-state index contributed by atoms with van der Waals surface area (Å²) in [4.78, 5) is 13.9. The molecule has 15 heavy (non-hydrogen) atoms. The van der Waals surface area contributed by atoms with E-state index >= 15 is 0 Å². The van der Waals surface area contributed by atoms with Gasteiger partial charge in [0.15, 0.2) is 0 Å². The Morgan fingerprint density at radius 1 is 1.47 bits per heavy atom. The maximum absolute atomic E-state index is 12.0. The number of hydrogen-bond donors (Lipinski definition) is 1. The van der Waals surface area contributed by atoms with Crippen LogP contribution in [0, 0.1) is 0 Å². The normalized spacial score (nSPS) is 24.5. The molecule has 1 aliphatic heterocycles. The lowest BCUT2D eigenvalue weighted by Gasteiger charge is -2.31. The first-order chi connectivity index (χ1) is 6.97. The van der Waals surface area contributed by atoms with Crippen LogP contribution in [0.3, 0.4) is 0 Å². The molecule has 2 N–H and O–H groups in total. The second-order valence-corrected chi connectivity index (χ2v) is 5.24. The van der Waals surface area contributed by atoms with E-state index in [1.165, 1.54) is 0 Å². The average molecular weight is 212 g/mol. The van der Waals surface area contributed by atoms with E-state index in [4.69, 9.17) is 5.73 Å². The summed E-state index contributed by atoms with van der Waals surface area (Å²) < 4.78 is 0. The monoisotopic (exact) mass is 212 g/mol. The molecule has 1 unspecified atom stereocenters. The number of nitrogens with two attached hydrogens (primary N) is 1. The van der Waals surface area contributed by atoms with Crippen LogP contribution in [0.15, 0.2) is 0 Å². The van der Waals surface area contributed by atoms with Gasteiger partial charge in [0, 0.05) is 24.5 Å². The molecule has 88 valence electrons. The number of nitrogens with zero attached hydrogens (tertiary/aromatic N) is 1. The third-order valence-corrected chi connectivity index (χ3v) is 3.20. The van der Waals surface area contributed by atoms with E-state index in [1.807, 2.05) is 4.90 Å². The molecular formula is C12H24N2O. The third-order valence-electron chi connectivity index (χ3n) is 3.20. The standard InChI is InChI=1S/C12H24N2O/c1-4-5-6-7-11(15)14-9-10(13)8-12(14,2)3/h10H,4-9,13H2,1-3H3. The van der Waals surface area contributed by atoms with Crippen LogP contribution in [0.1, 0.15) is 52.9 Å². The highest BCUT2D eigenvalue weighted by molar-refractivity contribution is 5.77. The van der Waals surface area contributed by atoms with E-state index in [0.717, 1.165) is 32.2 Å². The first kappa shape index (κ1) is 12.5. The maximum Gasteiger partial charge on any atom is 0.223 e. The first-order valence-corrected chi connectivity index (χ1v) is 6.03. The maximum atomic E-state index is 12.0. The fourth-order valence-electron chi connectivity index (χ4n) is 2.40. The van der Waals surface area contributed by atoms with Crippen molar-refractivity contribution < 1.29 is 4.79 Å². The van der Waals surface area contributed by atoms with Crippen molar-refractivity contribution >= 4 is 5.91 Å². The van der Waals surface area contributed by atoms with Crippen LogP contribution in [0.2, 0.25) is 0 Å². The SMILES string of the molecule is CCCCCC(=O)N1CC(N)CC1(C)C. The number of carbonyl (C=O) groups is 1. The molecule has 0 saturated carbocycles. The molecule has 0 aliphatic carbocycles. The molecule has 0 spiro atoms. The second kappa shape index (κ2) is 4.97. The predicted octanol–water partition coefficient (Wildman–Crippen LogP) is 1.90. The van der Waals surface area contributed by atoms with Crippen LogP contribution in [-0.2, 0) is 4.79 Å². The summed E-state index contributed by atoms with van der Waals surface area (Å²) >= 11 is 0. The van der Waals surface area contributed by atoms with Crippen molar-refractivity contribution in [2.45, 2.75) is 64.5 Å². The zero-order chi connectivity index (χ0) is 11.5. The Hall–Kier alpha value is -0.570. The van der Waals surface area contributed by atoms with Crippen molar-refractivity contribution in [2.75, 3.05) is 6.54 Å². The average Bonchev–Trinajstić information content (AvgIpc) is 2.39. The lowest BCUT2D eigenvalue weighted by Crippen LogP contribution is -2.42. The minimum atomic E-state index is -0.0390. The molecule has 1 saturated heterocycles. The van der Waals surface area contributed by atoms with Crippen LogP contribution in [0.25, 0.3) is 0 Å². The number of hydrogen-bond acceptors (Lipinski definition) is 2. The Labute approximate surface area is 93.0 Å². The van der Waals surface area contributed by atoms with Gasteiger partial charge in [-0.05, 0) is 26.7 Å². The summed E-state index contributed by atoms with van der Waals surface area (Å²) in [6.07, 6.45) is 4.93. The highest BCUT2D eigenvalue weighted by Crippen LogP contribution is 2.28. The number of unbranched alkanes of at least 4 members (excludes halogenated alkanes) is 2. The molecule has 1 aliphatic rings. The summed E-state index contributed by atoms with van der Waals surface area (Å²) in [5.41, 5.74) is 5.86. The molecule has 1 atom stereocenters. The van der Waals surface area contributed by atoms with Gasteiger partial charge in [0.25, 0.3) is 0 Å². The molecule has 0 bridgehead atoms. The zero-order valence-corrected chi connectivity index (χ0v) is 10.3. The van der Waals surface area contributed by atoms with E-state index < -0.39 is 0 Å². The summed E-state index contributed by atoms with van der Waals surface area (Å²) in [7, 11) is 0. The Morgan fingerprint density at radius 2 is 2.13 bits per heavy atom. The quantitative estimate of drug-likeness (QED) is 0.723. The molecule has 3 nitrogen and oxygen atoms in total. The Balaban J connectivity index is 2.45. The lowest BCUT2D eigenvalue weighted by atomic mass is 10.00. The van der Waals surface area contributed by atoms with Crippen molar-refractivity contribution in [3.05, 3.63) is 0 Å². The summed E-state index contributed by atoms with van der Waals surface area (Å²) in [5.74, 6) is 0.279. The molecule has 0 aromatic carbocycles. The van der Waals surface area contributed by atoms with Gasteiger partial charge < -0.3 is 10.6 Å². The molecule has 1 amide bonds. The summed E-state index contributed by atoms with van der Waals surface area (Å²) in [6, 6.07) is 0.162. The van der Waals surface area contributed by atoms with Crippen molar-refractivity contribution in [3.8, 4) is 0 Å². The molecule has 0 aromatic heterocycles.